The maximum atomic E-state index is 11.5. The maximum Gasteiger partial charge on any atom is 0.306 e. The van der Waals surface area contributed by atoms with Gasteiger partial charge in [-0.05, 0) is 38.5 Å². The normalized spacial score (nSPS) is 16.7. The first-order valence-corrected chi connectivity index (χ1v) is 6.96. The Bertz CT molecular complexity index is 220. The molecule has 1 aliphatic rings. The van der Waals surface area contributed by atoms with Gasteiger partial charge in [0.15, 0.2) is 0 Å². The van der Waals surface area contributed by atoms with Gasteiger partial charge in [-0.3, -0.25) is 4.79 Å². The van der Waals surface area contributed by atoms with E-state index in [1.165, 1.54) is 19.3 Å². The van der Waals surface area contributed by atoms with Crippen molar-refractivity contribution in [3.8, 4) is 0 Å². The molecule has 0 aliphatic heterocycles. The lowest BCUT2D eigenvalue weighted by atomic mass is 9.98. The van der Waals surface area contributed by atoms with Crippen LogP contribution in [-0.2, 0) is 14.3 Å². The molecule has 3 heteroatoms. The number of hydrogen-bond acceptors (Lipinski definition) is 3. The summed E-state index contributed by atoms with van der Waals surface area (Å²) in [6, 6.07) is 0. The van der Waals surface area contributed by atoms with Crippen molar-refractivity contribution >= 4 is 12.3 Å². The molecule has 0 spiro atoms. The molecule has 0 N–H and O–H groups in total. The summed E-state index contributed by atoms with van der Waals surface area (Å²) in [7, 11) is 0. The predicted octanol–water partition coefficient (Wildman–Crippen LogP) is 3.40. The first-order valence-electron chi connectivity index (χ1n) is 6.96. The number of carbonyl (C=O) groups excluding carboxylic acids is 2. The molecule has 0 unspecified atom stereocenters. The minimum Gasteiger partial charge on any atom is -0.462 e. The third-order valence-electron chi connectivity index (χ3n) is 3.30. The quantitative estimate of drug-likeness (QED) is 0.371. The summed E-state index contributed by atoms with van der Waals surface area (Å²) in [6.07, 6.45) is 12.0. The van der Waals surface area contributed by atoms with Gasteiger partial charge in [-0.15, -0.1) is 0 Å². The lowest BCUT2D eigenvalue weighted by Crippen LogP contribution is -2.20. The molecule has 0 bridgehead atoms. The summed E-state index contributed by atoms with van der Waals surface area (Å²) in [5.74, 6) is -0.0349. The molecule has 1 saturated carbocycles. The molecule has 0 aromatic rings. The Balaban J connectivity index is 1.95. The molecule has 3 nitrogen and oxygen atoms in total. The minimum atomic E-state index is -0.0349. The molecule has 1 fully saturated rings. The van der Waals surface area contributed by atoms with Crippen LogP contribution in [-0.4, -0.2) is 18.4 Å². The Morgan fingerprint density at radius 1 is 1.06 bits per heavy atom. The molecule has 0 aromatic carbocycles. The molecule has 17 heavy (non-hydrogen) atoms. The molecule has 0 saturated heterocycles. The van der Waals surface area contributed by atoms with Gasteiger partial charge >= 0.3 is 5.97 Å². The van der Waals surface area contributed by atoms with Crippen molar-refractivity contribution in [2.75, 3.05) is 0 Å². The van der Waals surface area contributed by atoms with E-state index in [1.807, 2.05) is 0 Å². The average molecular weight is 240 g/mol. The largest absolute Gasteiger partial charge is 0.462 e. The van der Waals surface area contributed by atoms with Crippen LogP contribution in [0.2, 0.25) is 0 Å². The van der Waals surface area contributed by atoms with E-state index in [0.29, 0.717) is 12.8 Å². The molecule has 98 valence electrons. The third kappa shape index (κ3) is 7.14. The second-order valence-electron chi connectivity index (χ2n) is 4.87. The van der Waals surface area contributed by atoms with Crippen molar-refractivity contribution in [1.82, 2.24) is 0 Å². The van der Waals surface area contributed by atoms with Crippen LogP contribution in [0.25, 0.3) is 0 Å². The van der Waals surface area contributed by atoms with Crippen molar-refractivity contribution in [2.24, 2.45) is 0 Å². The van der Waals surface area contributed by atoms with E-state index in [9.17, 15) is 9.59 Å². The number of ether oxygens (including phenoxy) is 1. The predicted molar refractivity (Wildman–Crippen MR) is 66.7 cm³/mol. The summed E-state index contributed by atoms with van der Waals surface area (Å²) in [6.45, 7) is 0. The van der Waals surface area contributed by atoms with E-state index in [4.69, 9.17) is 4.74 Å². The highest BCUT2D eigenvalue weighted by Gasteiger charge is 2.17. The van der Waals surface area contributed by atoms with Crippen molar-refractivity contribution in [3.63, 3.8) is 0 Å². The Hall–Kier alpha value is -0.860. The van der Waals surface area contributed by atoms with E-state index >= 15 is 0 Å². The van der Waals surface area contributed by atoms with E-state index in [1.54, 1.807) is 0 Å². The molecule has 0 aromatic heterocycles. The van der Waals surface area contributed by atoms with Crippen LogP contribution < -0.4 is 0 Å². The van der Waals surface area contributed by atoms with Crippen molar-refractivity contribution in [1.29, 1.82) is 0 Å². The highest BCUT2D eigenvalue weighted by Crippen LogP contribution is 2.21. The summed E-state index contributed by atoms with van der Waals surface area (Å²) in [4.78, 5) is 21.6. The highest BCUT2D eigenvalue weighted by molar-refractivity contribution is 5.69. The fraction of sp³-hybridized carbons (Fsp3) is 0.857. The fourth-order valence-corrected chi connectivity index (χ4v) is 2.28. The molecule has 0 atom stereocenters. The van der Waals surface area contributed by atoms with E-state index in [2.05, 4.69) is 0 Å². The SMILES string of the molecule is O=CCCCCCCC(=O)OC1CCCCC1. The van der Waals surface area contributed by atoms with Crippen molar-refractivity contribution in [3.05, 3.63) is 0 Å². The number of aldehydes is 1. The van der Waals surface area contributed by atoms with Gasteiger partial charge in [0, 0.05) is 12.8 Å². The first kappa shape index (κ1) is 14.2. The third-order valence-corrected chi connectivity index (χ3v) is 3.30. The summed E-state index contributed by atoms with van der Waals surface area (Å²) < 4.78 is 5.42. The van der Waals surface area contributed by atoms with Crippen LogP contribution in [0.4, 0.5) is 0 Å². The van der Waals surface area contributed by atoms with Crippen LogP contribution >= 0.6 is 0 Å². The van der Waals surface area contributed by atoms with E-state index < -0.39 is 0 Å². The summed E-state index contributed by atoms with van der Waals surface area (Å²) in [5.41, 5.74) is 0. The fourth-order valence-electron chi connectivity index (χ4n) is 2.28. The first-order chi connectivity index (χ1) is 8.33. The molecule has 0 heterocycles. The van der Waals surface area contributed by atoms with Crippen LogP contribution in [0.3, 0.4) is 0 Å². The second kappa shape index (κ2) is 9.20. The highest BCUT2D eigenvalue weighted by atomic mass is 16.5. The number of esters is 1. The van der Waals surface area contributed by atoms with Gasteiger partial charge < -0.3 is 9.53 Å². The minimum absolute atomic E-state index is 0.0349. The number of unbranched alkanes of at least 4 members (excludes halogenated alkanes) is 4. The number of carbonyl (C=O) groups is 2. The average Bonchev–Trinajstić information content (AvgIpc) is 2.35. The standard InChI is InChI=1S/C14H24O3/c15-12-8-3-1-2-7-11-14(16)17-13-9-5-4-6-10-13/h12-13H,1-11H2. The zero-order valence-corrected chi connectivity index (χ0v) is 10.7. The van der Waals surface area contributed by atoms with Gasteiger partial charge in [0.2, 0.25) is 0 Å². The molecule has 0 amide bonds. The smallest absolute Gasteiger partial charge is 0.306 e. The second-order valence-corrected chi connectivity index (χ2v) is 4.87. The number of hydrogen-bond donors (Lipinski definition) is 0. The van der Waals surface area contributed by atoms with Gasteiger partial charge in [0.05, 0.1) is 0 Å². The van der Waals surface area contributed by atoms with Gasteiger partial charge in [-0.1, -0.05) is 19.3 Å². The zero-order valence-electron chi connectivity index (χ0n) is 10.7. The van der Waals surface area contributed by atoms with Crippen molar-refractivity contribution < 1.29 is 14.3 Å². The zero-order chi connectivity index (χ0) is 12.3. The van der Waals surface area contributed by atoms with E-state index in [-0.39, 0.29) is 12.1 Å². The van der Waals surface area contributed by atoms with Gasteiger partial charge in [-0.25, -0.2) is 0 Å². The number of rotatable bonds is 8. The topological polar surface area (TPSA) is 43.4 Å². The lowest BCUT2D eigenvalue weighted by Gasteiger charge is -2.21. The molecular weight excluding hydrogens is 216 g/mol. The molecular formula is C14H24O3. The Kier molecular flexibility index (Phi) is 7.69. The molecule has 0 radical (unpaired) electrons. The Morgan fingerprint density at radius 3 is 2.47 bits per heavy atom. The van der Waals surface area contributed by atoms with Gasteiger partial charge in [0.25, 0.3) is 0 Å². The van der Waals surface area contributed by atoms with Gasteiger partial charge in [0.1, 0.15) is 12.4 Å². The monoisotopic (exact) mass is 240 g/mol. The molecule has 1 rings (SSSR count). The van der Waals surface area contributed by atoms with Crippen LogP contribution in [0, 0.1) is 0 Å². The van der Waals surface area contributed by atoms with Crippen LogP contribution in [0.1, 0.15) is 70.6 Å². The van der Waals surface area contributed by atoms with Gasteiger partial charge in [-0.2, -0.15) is 0 Å². The Labute approximate surface area is 104 Å². The summed E-state index contributed by atoms with van der Waals surface area (Å²) >= 11 is 0. The van der Waals surface area contributed by atoms with Crippen LogP contribution in [0.15, 0.2) is 0 Å². The Morgan fingerprint density at radius 2 is 1.76 bits per heavy atom. The molecule has 1 aliphatic carbocycles. The van der Waals surface area contributed by atoms with Crippen molar-refractivity contribution in [2.45, 2.75) is 76.7 Å². The lowest BCUT2D eigenvalue weighted by molar-refractivity contribution is -0.150. The van der Waals surface area contributed by atoms with Crippen LogP contribution in [0.5, 0.6) is 0 Å². The van der Waals surface area contributed by atoms with E-state index in [0.717, 1.165) is 44.8 Å². The summed E-state index contributed by atoms with van der Waals surface area (Å²) in [5, 5.41) is 0. The maximum absolute atomic E-state index is 11.5.